The van der Waals surface area contributed by atoms with Gasteiger partial charge < -0.3 is 15.4 Å². The quantitative estimate of drug-likeness (QED) is 0.793. The van der Waals surface area contributed by atoms with E-state index in [1.54, 1.807) is 7.11 Å². The van der Waals surface area contributed by atoms with E-state index >= 15 is 0 Å². The molecule has 0 amide bonds. The Balaban J connectivity index is 2.24. The first kappa shape index (κ1) is 11.1. The number of nitrogens with zero attached hydrogens (tertiary/aromatic N) is 3. The molecule has 1 saturated heterocycles. The van der Waals surface area contributed by atoms with E-state index in [-0.39, 0.29) is 6.04 Å². The predicted octanol–water partition coefficient (Wildman–Crippen LogP) is 0.577. The summed E-state index contributed by atoms with van der Waals surface area (Å²) in [6, 6.07) is 2.08. The molecule has 88 valence electrons. The molecule has 0 bridgehead atoms. The molecule has 0 aromatic carbocycles. The summed E-state index contributed by atoms with van der Waals surface area (Å²) in [5.41, 5.74) is 6.00. The summed E-state index contributed by atoms with van der Waals surface area (Å²) >= 11 is 0. The molecule has 1 aliphatic heterocycles. The van der Waals surface area contributed by atoms with Crippen molar-refractivity contribution in [1.29, 1.82) is 0 Å². The second-order valence-electron chi connectivity index (χ2n) is 4.36. The van der Waals surface area contributed by atoms with Gasteiger partial charge in [0.1, 0.15) is 11.6 Å². The maximum absolute atomic E-state index is 6.00. The van der Waals surface area contributed by atoms with E-state index in [0.717, 1.165) is 24.7 Å². The molecule has 2 heterocycles. The summed E-state index contributed by atoms with van der Waals surface area (Å²) in [5.74, 6) is 2.74. The van der Waals surface area contributed by atoms with Crippen LogP contribution in [0.5, 0.6) is 5.88 Å². The van der Waals surface area contributed by atoms with Crippen molar-refractivity contribution in [3.05, 3.63) is 11.9 Å². The Hall–Kier alpha value is -1.36. The molecule has 0 spiro atoms. The van der Waals surface area contributed by atoms with Crippen molar-refractivity contribution in [2.24, 2.45) is 11.7 Å². The monoisotopic (exact) mass is 222 g/mol. The molecular weight excluding hydrogens is 204 g/mol. The summed E-state index contributed by atoms with van der Waals surface area (Å²) in [6.45, 7) is 5.82. The molecule has 1 aromatic rings. The Bertz CT molecular complexity index is 372. The number of rotatable bonds is 2. The molecule has 1 fully saturated rings. The number of aromatic nitrogens is 2. The highest BCUT2D eigenvalue weighted by molar-refractivity contribution is 5.43. The highest BCUT2D eigenvalue weighted by atomic mass is 16.5. The van der Waals surface area contributed by atoms with Crippen molar-refractivity contribution < 1.29 is 4.74 Å². The molecule has 0 radical (unpaired) electrons. The van der Waals surface area contributed by atoms with Crippen LogP contribution in [-0.2, 0) is 0 Å². The van der Waals surface area contributed by atoms with Crippen LogP contribution in [0, 0.1) is 12.8 Å². The zero-order chi connectivity index (χ0) is 11.7. The van der Waals surface area contributed by atoms with Crippen LogP contribution in [0.4, 0.5) is 5.82 Å². The van der Waals surface area contributed by atoms with Crippen molar-refractivity contribution in [2.75, 3.05) is 25.1 Å². The minimum absolute atomic E-state index is 0.223. The first-order chi connectivity index (χ1) is 7.60. The van der Waals surface area contributed by atoms with Gasteiger partial charge in [0, 0.05) is 25.2 Å². The lowest BCUT2D eigenvalue weighted by molar-refractivity contribution is 0.395. The summed E-state index contributed by atoms with van der Waals surface area (Å²) in [6.07, 6.45) is 0. The van der Waals surface area contributed by atoms with Crippen LogP contribution < -0.4 is 15.4 Å². The maximum Gasteiger partial charge on any atom is 0.218 e. The number of methoxy groups -OCH3 is 1. The second kappa shape index (κ2) is 4.25. The van der Waals surface area contributed by atoms with Gasteiger partial charge in [-0.1, -0.05) is 6.92 Å². The Morgan fingerprint density at radius 2 is 2.19 bits per heavy atom. The maximum atomic E-state index is 6.00. The van der Waals surface area contributed by atoms with Gasteiger partial charge in [0.25, 0.3) is 0 Å². The van der Waals surface area contributed by atoms with Crippen molar-refractivity contribution >= 4 is 5.82 Å². The fourth-order valence-electron chi connectivity index (χ4n) is 1.97. The Kier molecular flexibility index (Phi) is 2.96. The van der Waals surface area contributed by atoms with E-state index in [4.69, 9.17) is 10.5 Å². The molecule has 2 unspecified atom stereocenters. The highest BCUT2D eigenvalue weighted by Crippen LogP contribution is 2.23. The molecular formula is C11H18N4O. The molecule has 2 N–H and O–H groups in total. The van der Waals surface area contributed by atoms with E-state index < -0.39 is 0 Å². The smallest absolute Gasteiger partial charge is 0.218 e. The fourth-order valence-corrected chi connectivity index (χ4v) is 1.97. The summed E-state index contributed by atoms with van der Waals surface area (Å²) in [4.78, 5) is 10.8. The normalized spacial score (nSPS) is 24.9. The van der Waals surface area contributed by atoms with Crippen LogP contribution in [0.2, 0.25) is 0 Å². The van der Waals surface area contributed by atoms with Crippen LogP contribution in [0.3, 0.4) is 0 Å². The number of anilines is 1. The van der Waals surface area contributed by atoms with Crippen LogP contribution in [-0.4, -0.2) is 36.2 Å². The van der Waals surface area contributed by atoms with Gasteiger partial charge in [0.05, 0.1) is 7.11 Å². The largest absolute Gasteiger partial charge is 0.481 e. The lowest BCUT2D eigenvalue weighted by atomic mass is 10.1. The number of hydrogen-bond acceptors (Lipinski definition) is 5. The zero-order valence-electron chi connectivity index (χ0n) is 9.97. The lowest BCUT2D eigenvalue weighted by Crippen LogP contribution is -2.28. The SMILES string of the molecule is COc1cc(N2CC(C)C(N)C2)nc(C)n1. The molecule has 0 aliphatic carbocycles. The van der Waals surface area contributed by atoms with Crippen molar-refractivity contribution in [3.8, 4) is 5.88 Å². The molecule has 16 heavy (non-hydrogen) atoms. The Labute approximate surface area is 95.6 Å². The van der Waals surface area contributed by atoms with Gasteiger partial charge in [-0.3, -0.25) is 0 Å². The van der Waals surface area contributed by atoms with E-state index in [9.17, 15) is 0 Å². The number of hydrogen-bond donors (Lipinski definition) is 1. The van der Waals surface area contributed by atoms with Crippen LogP contribution in [0.15, 0.2) is 6.07 Å². The van der Waals surface area contributed by atoms with Gasteiger partial charge >= 0.3 is 0 Å². The molecule has 5 nitrogen and oxygen atoms in total. The van der Waals surface area contributed by atoms with Gasteiger partial charge in [0.15, 0.2) is 0 Å². The van der Waals surface area contributed by atoms with Crippen molar-refractivity contribution in [1.82, 2.24) is 9.97 Å². The molecule has 0 saturated carbocycles. The van der Waals surface area contributed by atoms with E-state index in [1.807, 2.05) is 13.0 Å². The number of aryl methyl sites for hydroxylation is 1. The fraction of sp³-hybridized carbons (Fsp3) is 0.636. The number of ether oxygens (including phenoxy) is 1. The third-order valence-electron chi connectivity index (χ3n) is 3.00. The van der Waals surface area contributed by atoms with E-state index in [0.29, 0.717) is 11.8 Å². The van der Waals surface area contributed by atoms with Crippen molar-refractivity contribution in [2.45, 2.75) is 19.9 Å². The topological polar surface area (TPSA) is 64.3 Å². The van der Waals surface area contributed by atoms with E-state index in [1.165, 1.54) is 0 Å². The lowest BCUT2D eigenvalue weighted by Gasteiger charge is -2.17. The van der Waals surface area contributed by atoms with Gasteiger partial charge in [-0.15, -0.1) is 0 Å². The van der Waals surface area contributed by atoms with Crippen LogP contribution >= 0.6 is 0 Å². The molecule has 5 heteroatoms. The Morgan fingerprint density at radius 1 is 1.44 bits per heavy atom. The first-order valence-corrected chi connectivity index (χ1v) is 5.50. The predicted molar refractivity (Wildman–Crippen MR) is 62.7 cm³/mol. The first-order valence-electron chi connectivity index (χ1n) is 5.50. The van der Waals surface area contributed by atoms with Gasteiger partial charge in [-0.2, -0.15) is 4.98 Å². The standard InChI is InChI=1S/C11H18N4O/c1-7-5-15(6-9(7)12)10-4-11(16-3)14-8(2)13-10/h4,7,9H,5-6,12H2,1-3H3. The summed E-state index contributed by atoms with van der Waals surface area (Å²) < 4.78 is 5.14. The van der Waals surface area contributed by atoms with Gasteiger partial charge in [-0.25, -0.2) is 4.98 Å². The molecule has 1 aromatic heterocycles. The average Bonchev–Trinajstić information content (AvgIpc) is 2.58. The summed E-state index contributed by atoms with van der Waals surface area (Å²) in [7, 11) is 1.61. The molecule has 2 atom stereocenters. The molecule has 2 rings (SSSR count). The van der Waals surface area contributed by atoms with E-state index in [2.05, 4.69) is 21.8 Å². The van der Waals surface area contributed by atoms with Crippen LogP contribution in [0.25, 0.3) is 0 Å². The van der Waals surface area contributed by atoms with Gasteiger partial charge in [-0.05, 0) is 12.8 Å². The third-order valence-corrected chi connectivity index (χ3v) is 3.00. The number of nitrogens with two attached hydrogens (primary N) is 1. The van der Waals surface area contributed by atoms with Crippen molar-refractivity contribution in [3.63, 3.8) is 0 Å². The average molecular weight is 222 g/mol. The summed E-state index contributed by atoms with van der Waals surface area (Å²) in [5, 5.41) is 0. The third kappa shape index (κ3) is 2.09. The van der Waals surface area contributed by atoms with Crippen LogP contribution in [0.1, 0.15) is 12.7 Å². The molecule has 1 aliphatic rings. The Morgan fingerprint density at radius 3 is 2.75 bits per heavy atom. The second-order valence-corrected chi connectivity index (χ2v) is 4.36. The highest BCUT2D eigenvalue weighted by Gasteiger charge is 2.27. The zero-order valence-corrected chi connectivity index (χ0v) is 9.97. The van der Waals surface area contributed by atoms with Gasteiger partial charge in [0.2, 0.25) is 5.88 Å². The minimum Gasteiger partial charge on any atom is -0.481 e. The minimum atomic E-state index is 0.223.